The molecular weight excluding hydrogens is 367 g/mol. The lowest BCUT2D eigenvalue weighted by molar-refractivity contribution is -0.113. The molecule has 2 rings (SSSR count). The summed E-state index contributed by atoms with van der Waals surface area (Å²) in [7, 11) is -3.80. The zero-order chi connectivity index (χ0) is 15.5. The molecule has 0 saturated carbocycles. The maximum absolute atomic E-state index is 13.6. The maximum atomic E-state index is 13.6. The summed E-state index contributed by atoms with van der Waals surface area (Å²) < 4.78 is 37.9. The van der Waals surface area contributed by atoms with Crippen molar-refractivity contribution in [2.75, 3.05) is 11.1 Å². The number of carbonyl (C=O) groups is 1. The summed E-state index contributed by atoms with van der Waals surface area (Å²) in [6, 6.07) is 4.05. The van der Waals surface area contributed by atoms with Crippen LogP contribution in [0.25, 0.3) is 0 Å². The lowest BCUT2D eigenvalue weighted by Gasteiger charge is -2.06. The fourth-order valence-corrected chi connectivity index (χ4v) is 3.18. The predicted octanol–water partition coefficient (Wildman–Crippen LogP) is 1.26. The van der Waals surface area contributed by atoms with Crippen LogP contribution in [-0.4, -0.2) is 35.3 Å². The van der Waals surface area contributed by atoms with E-state index in [1.807, 2.05) is 0 Å². The van der Waals surface area contributed by atoms with Gasteiger partial charge in [-0.15, -0.1) is 0 Å². The summed E-state index contributed by atoms with van der Waals surface area (Å²) in [6.07, 6.45) is 1.17. The van der Waals surface area contributed by atoms with Crippen molar-refractivity contribution >= 4 is 37.6 Å². The SMILES string of the molecule is O=C(CS(=O)(=O)Cc1ccc(Br)cc1F)Nc1ncn[nH]1. The molecule has 1 aromatic heterocycles. The minimum Gasteiger partial charge on any atom is -0.294 e. The van der Waals surface area contributed by atoms with Gasteiger partial charge >= 0.3 is 0 Å². The van der Waals surface area contributed by atoms with E-state index >= 15 is 0 Å². The van der Waals surface area contributed by atoms with Crippen LogP contribution in [0.1, 0.15) is 5.56 Å². The number of H-pyrrole nitrogens is 1. The highest BCUT2D eigenvalue weighted by atomic mass is 79.9. The number of benzene rings is 1. The molecule has 10 heteroatoms. The maximum Gasteiger partial charge on any atom is 0.241 e. The average Bonchev–Trinajstić information content (AvgIpc) is 2.84. The second-order valence-corrected chi connectivity index (χ2v) is 7.13. The number of nitrogens with one attached hydrogen (secondary N) is 2. The summed E-state index contributed by atoms with van der Waals surface area (Å²) >= 11 is 3.08. The third-order valence-electron chi connectivity index (χ3n) is 2.41. The number of aromatic nitrogens is 3. The van der Waals surface area contributed by atoms with E-state index < -0.39 is 33.1 Å². The number of amides is 1. The van der Waals surface area contributed by atoms with Gasteiger partial charge in [0.2, 0.25) is 11.9 Å². The van der Waals surface area contributed by atoms with E-state index in [4.69, 9.17) is 0 Å². The van der Waals surface area contributed by atoms with Crippen molar-refractivity contribution in [3.63, 3.8) is 0 Å². The zero-order valence-corrected chi connectivity index (χ0v) is 12.9. The van der Waals surface area contributed by atoms with Crippen molar-refractivity contribution in [1.29, 1.82) is 0 Å². The molecule has 0 radical (unpaired) electrons. The molecular formula is C11H10BrFN4O3S. The van der Waals surface area contributed by atoms with Gasteiger partial charge in [-0.3, -0.25) is 10.1 Å². The molecule has 112 valence electrons. The highest BCUT2D eigenvalue weighted by Crippen LogP contribution is 2.17. The van der Waals surface area contributed by atoms with Gasteiger partial charge in [0.1, 0.15) is 17.9 Å². The molecule has 0 atom stereocenters. The summed E-state index contributed by atoms with van der Waals surface area (Å²) in [5.41, 5.74) is 0.00525. The summed E-state index contributed by atoms with van der Waals surface area (Å²) in [6.45, 7) is 0. The van der Waals surface area contributed by atoms with E-state index in [2.05, 4.69) is 36.4 Å². The van der Waals surface area contributed by atoms with Crippen molar-refractivity contribution in [3.8, 4) is 0 Å². The molecule has 0 unspecified atom stereocenters. The van der Waals surface area contributed by atoms with E-state index in [1.165, 1.54) is 24.5 Å². The molecule has 7 nitrogen and oxygen atoms in total. The molecule has 21 heavy (non-hydrogen) atoms. The second kappa shape index (κ2) is 6.31. The zero-order valence-electron chi connectivity index (χ0n) is 10.5. The summed E-state index contributed by atoms with van der Waals surface area (Å²) in [4.78, 5) is 15.2. The van der Waals surface area contributed by atoms with E-state index in [0.29, 0.717) is 4.47 Å². The molecule has 1 aromatic carbocycles. The lowest BCUT2D eigenvalue weighted by atomic mass is 10.2. The Hall–Kier alpha value is -1.81. The monoisotopic (exact) mass is 376 g/mol. The first kappa shape index (κ1) is 15.6. The first-order valence-corrected chi connectivity index (χ1v) is 8.27. The molecule has 0 bridgehead atoms. The van der Waals surface area contributed by atoms with E-state index in [1.54, 1.807) is 0 Å². The van der Waals surface area contributed by atoms with Crippen molar-refractivity contribution < 1.29 is 17.6 Å². The molecule has 0 aliphatic heterocycles. The van der Waals surface area contributed by atoms with Crippen molar-refractivity contribution in [2.45, 2.75) is 5.75 Å². The number of rotatable bonds is 5. The quantitative estimate of drug-likeness (QED) is 0.816. The smallest absolute Gasteiger partial charge is 0.241 e. The molecule has 0 spiro atoms. The number of sulfone groups is 1. The number of halogens is 2. The summed E-state index contributed by atoms with van der Waals surface area (Å²) in [5, 5.41) is 8.11. The molecule has 0 aliphatic carbocycles. The molecule has 2 aromatic rings. The molecule has 0 saturated heterocycles. The molecule has 0 aliphatic rings. The molecule has 0 fully saturated rings. The number of hydrogen-bond acceptors (Lipinski definition) is 5. The van der Waals surface area contributed by atoms with Crippen LogP contribution in [0, 0.1) is 5.82 Å². The van der Waals surface area contributed by atoms with Crippen LogP contribution in [0.15, 0.2) is 29.0 Å². The van der Waals surface area contributed by atoms with E-state index in [0.717, 1.165) is 0 Å². The van der Waals surface area contributed by atoms with Crippen LogP contribution in [0.4, 0.5) is 10.3 Å². The normalized spacial score (nSPS) is 11.3. The third kappa shape index (κ3) is 4.60. The van der Waals surface area contributed by atoms with Crippen LogP contribution < -0.4 is 5.32 Å². The highest BCUT2D eigenvalue weighted by Gasteiger charge is 2.20. The van der Waals surface area contributed by atoms with E-state index in [-0.39, 0.29) is 11.5 Å². The topological polar surface area (TPSA) is 105 Å². The van der Waals surface area contributed by atoms with Gasteiger partial charge in [-0.1, -0.05) is 22.0 Å². The minimum atomic E-state index is -3.80. The summed E-state index contributed by atoms with van der Waals surface area (Å²) in [5.74, 6) is -2.71. The Morgan fingerprint density at radius 2 is 2.19 bits per heavy atom. The third-order valence-corrected chi connectivity index (χ3v) is 4.36. The average molecular weight is 377 g/mol. The Balaban J connectivity index is 2.03. The Bertz CT molecular complexity index is 749. The number of hydrogen-bond donors (Lipinski definition) is 2. The van der Waals surface area contributed by atoms with Crippen LogP contribution in [0.5, 0.6) is 0 Å². The largest absolute Gasteiger partial charge is 0.294 e. The molecule has 1 heterocycles. The molecule has 2 N–H and O–H groups in total. The van der Waals surface area contributed by atoms with Crippen molar-refractivity contribution in [3.05, 3.63) is 40.4 Å². The van der Waals surface area contributed by atoms with Crippen molar-refractivity contribution in [1.82, 2.24) is 15.2 Å². The van der Waals surface area contributed by atoms with Gasteiger partial charge in [-0.25, -0.2) is 17.9 Å². The Morgan fingerprint density at radius 1 is 1.43 bits per heavy atom. The first-order valence-electron chi connectivity index (χ1n) is 5.65. The predicted molar refractivity (Wildman–Crippen MR) is 76.6 cm³/mol. The lowest BCUT2D eigenvalue weighted by Crippen LogP contribution is -2.24. The fourth-order valence-electron chi connectivity index (χ4n) is 1.56. The van der Waals surface area contributed by atoms with Crippen LogP contribution in [0.3, 0.4) is 0 Å². The van der Waals surface area contributed by atoms with Crippen molar-refractivity contribution in [2.24, 2.45) is 0 Å². The number of nitrogens with zero attached hydrogens (tertiary/aromatic N) is 2. The Labute approximate surface area is 128 Å². The Kier molecular flexibility index (Phi) is 4.68. The second-order valence-electron chi connectivity index (χ2n) is 4.15. The standard InChI is InChI=1S/C11H10BrFN4O3S/c12-8-2-1-7(9(13)3-8)4-21(19,20)5-10(18)16-11-14-6-15-17-11/h1-3,6H,4-5H2,(H2,14,15,16,17,18). The van der Waals surface area contributed by atoms with Crippen LogP contribution in [-0.2, 0) is 20.4 Å². The minimum absolute atomic E-state index is 0.00525. The van der Waals surface area contributed by atoms with Gasteiger partial charge in [0, 0.05) is 10.0 Å². The number of carbonyl (C=O) groups excluding carboxylic acids is 1. The number of aromatic amines is 1. The first-order chi connectivity index (χ1) is 9.85. The number of anilines is 1. The van der Waals surface area contributed by atoms with Gasteiger partial charge in [-0.05, 0) is 12.1 Å². The van der Waals surface area contributed by atoms with Crippen LogP contribution >= 0.6 is 15.9 Å². The highest BCUT2D eigenvalue weighted by molar-refractivity contribution is 9.10. The van der Waals surface area contributed by atoms with Gasteiger partial charge in [0.15, 0.2) is 9.84 Å². The van der Waals surface area contributed by atoms with E-state index in [9.17, 15) is 17.6 Å². The molecule has 1 amide bonds. The van der Waals surface area contributed by atoms with Gasteiger partial charge in [0.05, 0.1) is 5.75 Å². The van der Waals surface area contributed by atoms with Gasteiger partial charge in [-0.2, -0.15) is 10.1 Å². The fraction of sp³-hybridized carbons (Fsp3) is 0.182. The van der Waals surface area contributed by atoms with Crippen LogP contribution in [0.2, 0.25) is 0 Å². The van der Waals surface area contributed by atoms with Gasteiger partial charge in [0.25, 0.3) is 0 Å². The Morgan fingerprint density at radius 3 is 2.81 bits per heavy atom. The van der Waals surface area contributed by atoms with Gasteiger partial charge < -0.3 is 0 Å².